The van der Waals surface area contributed by atoms with Crippen LogP contribution in [0.2, 0.25) is 0 Å². The number of hydrogen-bond acceptors (Lipinski definition) is 5. The van der Waals surface area contributed by atoms with Crippen LogP contribution in [0.15, 0.2) is 59.4 Å². The van der Waals surface area contributed by atoms with Crippen molar-refractivity contribution in [2.24, 2.45) is 0 Å². The standard InChI is InChI=1S/C17H12N4O3/c22-15(23)10-21-13-4-2-1-3-12(13)9-14(21)17-19-16(20-24-17)11-5-7-18-8-6-11/h1-9H,10H2,(H,22,23). The minimum absolute atomic E-state index is 0.185. The van der Waals surface area contributed by atoms with Crippen LogP contribution in [0.25, 0.3) is 33.9 Å². The van der Waals surface area contributed by atoms with Gasteiger partial charge in [-0.3, -0.25) is 9.78 Å². The molecule has 0 fully saturated rings. The van der Waals surface area contributed by atoms with Gasteiger partial charge in [-0.1, -0.05) is 23.4 Å². The Kier molecular flexibility index (Phi) is 3.31. The van der Waals surface area contributed by atoms with Crippen molar-refractivity contribution in [2.45, 2.75) is 6.54 Å². The number of pyridine rings is 1. The Bertz CT molecular complexity index is 1020. The maximum atomic E-state index is 11.2. The molecule has 1 aromatic carbocycles. The second-order valence-electron chi connectivity index (χ2n) is 5.23. The molecular formula is C17H12N4O3. The number of para-hydroxylation sites is 1. The molecule has 0 saturated heterocycles. The van der Waals surface area contributed by atoms with Gasteiger partial charge in [0, 0.05) is 28.9 Å². The molecule has 0 bridgehead atoms. The molecule has 0 unspecified atom stereocenters. The van der Waals surface area contributed by atoms with E-state index in [2.05, 4.69) is 15.1 Å². The van der Waals surface area contributed by atoms with Gasteiger partial charge < -0.3 is 14.2 Å². The summed E-state index contributed by atoms with van der Waals surface area (Å²) in [7, 11) is 0. The highest BCUT2D eigenvalue weighted by Gasteiger charge is 2.18. The monoisotopic (exact) mass is 320 g/mol. The van der Waals surface area contributed by atoms with Crippen molar-refractivity contribution in [1.29, 1.82) is 0 Å². The van der Waals surface area contributed by atoms with Gasteiger partial charge in [0.25, 0.3) is 5.89 Å². The fourth-order valence-electron chi connectivity index (χ4n) is 2.64. The summed E-state index contributed by atoms with van der Waals surface area (Å²) in [6.45, 7) is -0.185. The van der Waals surface area contributed by atoms with Crippen LogP contribution in [0.5, 0.6) is 0 Å². The van der Waals surface area contributed by atoms with Crippen LogP contribution in [-0.4, -0.2) is 30.8 Å². The van der Waals surface area contributed by atoms with Gasteiger partial charge in [0.15, 0.2) is 0 Å². The van der Waals surface area contributed by atoms with Gasteiger partial charge in [-0.2, -0.15) is 4.98 Å². The lowest BCUT2D eigenvalue weighted by molar-refractivity contribution is -0.137. The van der Waals surface area contributed by atoms with Crippen molar-refractivity contribution in [2.75, 3.05) is 0 Å². The maximum absolute atomic E-state index is 11.2. The number of benzene rings is 1. The molecule has 0 spiro atoms. The first-order valence-electron chi connectivity index (χ1n) is 7.27. The molecule has 0 saturated carbocycles. The average Bonchev–Trinajstić information content (AvgIpc) is 3.21. The quantitative estimate of drug-likeness (QED) is 0.621. The van der Waals surface area contributed by atoms with Gasteiger partial charge in [-0.05, 0) is 24.3 Å². The Morgan fingerprint density at radius 1 is 1.17 bits per heavy atom. The number of carboxylic acid groups (broad SMARTS) is 1. The molecule has 4 rings (SSSR count). The summed E-state index contributed by atoms with van der Waals surface area (Å²) in [5, 5.41) is 14.1. The minimum Gasteiger partial charge on any atom is -0.480 e. The van der Waals surface area contributed by atoms with Gasteiger partial charge in [0.05, 0.1) is 0 Å². The fraction of sp³-hybridized carbons (Fsp3) is 0.0588. The molecule has 0 aliphatic rings. The van der Waals surface area contributed by atoms with Crippen LogP contribution in [0, 0.1) is 0 Å². The van der Waals surface area contributed by atoms with E-state index in [0.717, 1.165) is 16.5 Å². The lowest BCUT2D eigenvalue weighted by Gasteiger charge is -2.04. The van der Waals surface area contributed by atoms with E-state index in [9.17, 15) is 9.90 Å². The van der Waals surface area contributed by atoms with Crippen molar-refractivity contribution < 1.29 is 14.4 Å². The predicted octanol–water partition coefficient (Wildman–Crippen LogP) is 2.84. The predicted molar refractivity (Wildman–Crippen MR) is 86.1 cm³/mol. The van der Waals surface area contributed by atoms with E-state index >= 15 is 0 Å². The van der Waals surface area contributed by atoms with Gasteiger partial charge in [-0.15, -0.1) is 0 Å². The van der Waals surface area contributed by atoms with E-state index in [0.29, 0.717) is 11.5 Å². The van der Waals surface area contributed by atoms with E-state index in [4.69, 9.17) is 4.52 Å². The zero-order chi connectivity index (χ0) is 16.5. The van der Waals surface area contributed by atoms with Crippen LogP contribution in [0.3, 0.4) is 0 Å². The highest BCUT2D eigenvalue weighted by atomic mass is 16.5. The van der Waals surface area contributed by atoms with Crippen molar-refractivity contribution in [3.05, 3.63) is 54.9 Å². The zero-order valence-electron chi connectivity index (χ0n) is 12.5. The second kappa shape index (κ2) is 5.62. The lowest BCUT2D eigenvalue weighted by atomic mass is 10.2. The molecule has 4 aromatic rings. The number of hydrogen-bond donors (Lipinski definition) is 1. The summed E-state index contributed by atoms with van der Waals surface area (Å²) in [4.78, 5) is 19.6. The first-order valence-corrected chi connectivity index (χ1v) is 7.27. The summed E-state index contributed by atoms with van der Waals surface area (Å²) >= 11 is 0. The Balaban J connectivity index is 1.84. The number of fused-ring (bicyclic) bond motifs is 1. The van der Waals surface area contributed by atoms with Crippen LogP contribution in [0.1, 0.15) is 0 Å². The molecule has 118 valence electrons. The molecule has 0 atom stereocenters. The van der Waals surface area contributed by atoms with Crippen molar-refractivity contribution >= 4 is 16.9 Å². The summed E-state index contributed by atoms with van der Waals surface area (Å²) in [5.41, 5.74) is 2.16. The molecule has 7 nitrogen and oxygen atoms in total. The Labute approximate surface area is 136 Å². The number of aliphatic carboxylic acids is 1. The normalized spacial score (nSPS) is 11.0. The second-order valence-corrected chi connectivity index (χ2v) is 5.23. The van der Waals surface area contributed by atoms with E-state index in [1.54, 1.807) is 29.1 Å². The SMILES string of the molecule is O=C(O)Cn1c(-c2nc(-c3ccncc3)no2)cc2ccccc21. The lowest BCUT2D eigenvalue weighted by Crippen LogP contribution is -2.09. The third-order valence-electron chi connectivity index (χ3n) is 3.69. The fourth-order valence-corrected chi connectivity index (χ4v) is 2.64. The largest absolute Gasteiger partial charge is 0.480 e. The molecule has 7 heteroatoms. The highest BCUT2D eigenvalue weighted by Crippen LogP contribution is 2.28. The van der Waals surface area contributed by atoms with Gasteiger partial charge in [0.2, 0.25) is 5.82 Å². The molecule has 0 aliphatic carbocycles. The number of carboxylic acids is 1. The van der Waals surface area contributed by atoms with Crippen molar-refractivity contribution in [3.8, 4) is 23.0 Å². The summed E-state index contributed by atoms with van der Waals surface area (Å²) in [6.07, 6.45) is 3.29. The molecule has 3 heterocycles. The van der Waals surface area contributed by atoms with Gasteiger partial charge >= 0.3 is 5.97 Å². The van der Waals surface area contributed by atoms with E-state index in [1.807, 2.05) is 30.3 Å². The number of aromatic nitrogens is 4. The van der Waals surface area contributed by atoms with Gasteiger partial charge in [-0.25, -0.2) is 0 Å². The Morgan fingerprint density at radius 2 is 1.96 bits per heavy atom. The zero-order valence-corrected chi connectivity index (χ0v) is 12.5. The third kappa shape index (κ3) is 2.41. The van der Waals surface area contributed by atoms with Crippen molar-refractivity contribution in [1.82, 2.24) is 19.7 Å². The van der Waals surface area contributed by atoms with Crippen molar-refractivity contribution in [3.63, 3.8) is 0 Å². The number of nitrogens with zero attached hydrogens (tertiary/aromatic N) is 4. The van der Waals surface area contributed by atoms with Gasteiger partial charge in [0.1, 0.15) is 12.2 Å². The molecule has 24 heavy (non-hydrogen) atoms. The average molecular weight is 320 g/mol. The highest BCUT2D eigenvalue weighted by molar-refractivity contribution is 5.87. The van der Waals surface area contributed by atoms with Crippen LogP contribution < -0.4 is 0 Å². The van der Waals surface area contributed by atoms with E-state index in [1.165, 1.54) is 0 Å². The molecule has 0 aliphatic heterocycles. The topological polar surface area (TPSA) is 94.0 Å². The van der Waals surface area contributed by atoms with Crippen LogP contribution >= 0.6 is 0 Å². The maximum Gasteiger partial charge on any atom is 0.323 e. The molecule has 0 amide bonds. The molecular weight excluding hydrogens is 308 g/mol. The third-order valence-corrected chi connectivity index (χ3v) is 3.69. The summed E-state index contributed by atoms with van der Waals surface area (Å²) < 4.78 is 7.02. The first-order chi connectivity index (χ1) is 11.7. The summed E-state index contributed by atoms with van der Waals surface area (Å²) in [6, 6.07) is 12.9. The number of carbonyl (C=O) groups is 1. The smallest absolute Gasteiger partial charge is 0.323 e. The summed E-state index contributed by atoms with van der Waals surface area (Å²) in [5.74, 6) is -0.231. The van der Waals surface area contributed by atoms with E-state index in [-0.39, 0.29) is 12.4 Å². The first kappa shape index (κ1) is 14.1. The van der Waals surface area contributed by atoms with E-state index < -0.39 is 5.97 Å². The molecule has 1 N–H and O–H groups in total. The van der Waals surface area contributed by atoms with Crippen LogP contribution in [0.4, 0.5) is 0 Å². The molecule has 3 aromatic heterocycles. The Morgan fingerprint density at radius 3 is 2.75 bits per heavy atom. The van der Waals surface area contributed by atoms with Crippen LogP contribution in [-0.2, 0) is 11.3 Å². The number of rotatable bonds is 4. The minimum atomic E-state index is -0.938. The molecule has 0 radical (unpaired) electrons. The Hall–Kier alpha value is -3.48.